The SMILES string of the molecule is O=C(Nc1ccc(S(=O)(=O)Nc2cccc(Cl)c2)cc1)c1cccs1. The first kappa shape index (κ1) is 17.5. The first-order valence-corrected chi connectivity index (χ1v) is 9.91. The van der Waals surface area contributed by atoms with Gasteiger partial charge in [0, 0.05) is 10.7 Å². The van der Waals surface area contributed by atoms with Crippen molar-refractivity contribution >= 4 is 50.2 Å². The zero-order valence-corrected chi connectivity index (χ0v) is 15.2. The van der Waals surface area contributed by atoms with Crippen molar-refractivity contribution in [3.05, 3.63) is 75.9 Å². The molecule has 128 valence electrons. The highest BCUT2D eigenvalue weighted by molar-refractivity contribution is 7.92. The molecule has 5 nitrogen and oxygen atoms in total. The third kappa shape index (κ3) is 4.39. The molecule has 0 radical (unpaired) electrons. The molecule has 8 heteroatoms. The lowest BCUT2D eigenvalue weighted by atomic mass is 10.3. The first-order valence-electron chi connectivity index (χ1n) is 7.17. The highest BCUT2D eigenvalue weighted by atomic mass is 35.5. The van der Waals surface area contributed by atoms with E-state index >= 15 is 0 Å². The van der Waals surface area contributed by atoms with E-state index in [2.05, 4.69) is 10.0 Å². The Kier molecular flexibility index (Phi) is 5.08. The molecule has 0 aliphatic carbocycles. The minimum absolute atomic E-state index is 0.0848. The Bertz CT molecular complexity index is 985. The monoisotopic (exact) mass is 392 g/mol. The van der Waals surface area contributed by atoms with E-state index in [1.807, 2.05) is 5.38 Å². The molecule has 1 heterocycles. The fourth-order valence-electron chi connectivity index (χ4n) is 2.08. The van der Waals surface area contributed by atoms with Crippen LogP contribution in [0.2, 0.25) is 5.02 Å². The van der Waals surface area contributed by atoms with Crippen LogP contribution >= 0.6 is 22.9 Å². The van der Waals surface area contributed by atoms with E-state index in [1.165, 1.54) is 41.7 Å². The van der Waals surface area contributed by atoms with Crippen molar-refractivity contribution in [3.8, 4) is 0 Å². The van der Waals surface area contributed by atoms with Gasteiger partial charge in [-0.25, -0.2) is 8.42 Å². The lowest BCUT2D eigenvalue weighted by Gasteiger charge is -2.09. The second-order valence-electron chi connectivity index (χ2n) is 5.07. The summed E-state index contributed by atoms with van der Waals surface area (Å²) in [7, 11) is -3.74. The summed E-state index contributed by atoms with van der Waals surface area (Å²) >= 11 is 7.19. The van der Waals surface area contributed by atoms with Crippen LogP contribution in [-0.2, 0) is 10.0 Å². The van der Waals surface area contributed by atoms with Gasteiger partial charge in [-0.05, 0) is 53.9 Å². The maximum Gasteiger partial charge on any atom is 0.265 e. The number of halogens is 1. The van der Waals surface area contributed by atoms with Gasteiger partial charge >= 0.3 is 0 Å². The first-order chi connectivity index (χ1) is 11.9. The van der Waals surface area contributed by atoms with Crippen molar-refractivity contribution in [1.29, 1.82) is 0 Å². The lowest BCUT2D eigenvalue weighted by Crippen LogP contribution is -2.13. The van der Waals surface area contributed by atoms with Crippen LogP contribution in [-0.4, -0.2) is 14.3 Å². The maximum atomic E-state index is 12.4. The van der Waals surface area contributed by atoms with Gasteiger partial charge in [0.15, 0.2) is 0 Å². The number of carbonyl (C=O) groups excluding carboxylic acids is 1. The Labute approximate surface area is 154 Å². The minimum Gasteiger partial charge on any atom is -0.321 e. The van der Waals surface area contributed by atoms with Crippen LogP contribution in [0.4, 0.5) is 11.4 Å². The highest BCUT2D eigenvalue weighted by Crippen LogP contribution is 2.21. The van der Waals surface area contributed by atoms with E-state index in [0.29, 0.717) is 21.3 Å². The van der Waals surface area contributed by atoms with Crippen LogP contribution in [0.3, 0.4) is 0 Å². The zero-order valence-electron chi connectivity index (χ0n) is 12.8. The molecule has 0 saturated heterocycles. The molecule has 25 heavy (non-hydrogen) atoms. The Morgan fingerprint density at radius 2 is 1.72 bits per heavy atom. The van der Waals surface area contributed by atoms with Gasteiger partial charge in [0.05, 0.1) is 15.5 Å². The molecule has 0 unspecified atom stereocenters. The number of thiophene rings is 1. The van der Waals surface area contributed by atoms with Crippen LogP contribution in [0.15, 0.2) is 70.9 Å². The third-order valence-electron chi connectivity index (χ3n) is 3.24. The van der Waals surface area contributed by atoms with Gasteiger partial charge in [0.2, 0.25) is 0 Å². The predicted octanol–water partition coefficient (Wildman–Crippen LogP) is 4.45. The summed E-state index contributed by atoms with van der Waals surface area (Å²) in [4.78, 5) is 12.7. The molecule has 1 aromatic heterocycles. The number of anilines is 2. The van der Waals surface area contributed by atoms with Gasteiger partial charge < -0.3 is 5.32 Å². The van der Waals surface area contributed by atoms with Gasteiger partial charge in [-0.1, -0.05) is 23.7 Å². The van der Waals surface area contributed by atoms with Crippen LogP contribution in [0.5, 0.6) is 0 Å². The molecule has 0 aliphatic rings. The number of sulfonamides is 1. The third-order valence-corrected chi connectivity index (χ3v) is 5.75. The Morgan fingerprint density at radius 1 is 0.960 bits per heavy atom. The Hall–Kier alpha value is -2.35. The molecule has 0 bridgehead atoms. The van der Waals surface area contributed by atoms with Gasteiger partial charge in [-0.15, -0.1) is 11.3 Å². The van der Waals surface area contributed by atoms with E-state index in [-0.39, 0.29) is 10.8 Å². The summed E-state index contributed by atoms with van der Waals surface area (Å²) in [6, 6.07) is 15.9. The highest BCUT2D eigenvalue weighted by Gasteiger charge is 2.15. The average Bonchev–Trinajstić information content (AvgIpc) is 3.09. The van der Waals surface area contributed by atoms with E-state index < -0.39 is 10.0 Å². The summed E-state index contributed by atoms with van der Waals surface area (Å²) in [6.45, 7) is 0. The molecule has 2 N–H and O–H groups in total. The second kappa shape index (κ2) is 7.26. The fourth-order valence-corrected chi connectivity index (χ4v) is 3.94. The predicted molar refractivity (Wildman–Crippen MR) is 101 cm³/mol. The lowest BCUT2D eigenvalue weighted by molar-refractivity contribution is 0.103. The fraction of sp³-hybridized carbons (Fsp3) is 0. The molecule has 3 aromatic rings. The van der Waals surface area contributed by atoms with E-state index in [1.54, 1.807) is 30.3 Å². The number of rotatable bonds is 5. The number of amides is 1. The zero-order chi connectivity index (χ0) is 17.9. The number of carbonyl (C=O) groups is 1. The number of hydrogen-bond acceptors (Lipinski definition) is 4. The normalized spacial score (nSPS) is 11.1. The average molecular weight is 393 g/mol. The Balaban J connectivity index is 1.73. The molecule has 0 saturated carbocycles. The maximum absolute atomic E-state index is 12.4. The molecule has 0 aliphatic heterocycles. The van der Waals surface area contributed by atoms with Gasteiger partial charge in [-0.2, -0.15) is 0 Å². The molecule has 1 amide bonds. The summed E-state index contributed by atoms with van der Waals surface area (Å²) in [5.74, 6) is -0.234. The van der Waals surface area contributed by atoms with Crippen molar-refractivity contribution in [2.75, 3.05) is 10.0 Å². The van der Waals surface area contributed by atoms with Crippen molar-refractivity contribution in [2.24, 2.45) is 0 Å². The molecule has 3 rings (SSSR count). The summed E-state index contributed by atoms with van der Waals surface area (Å²) in [6.07, 6.45) is 0. The van der Waals surface area contributed by atoms with E-state index in [9.17, 15) is 13.2 Å². The summed E-state index contributed by atoms with van der Waals surface area (Å²) < 4.78 is 27.2. The van der Waals surface area contributed by atoms with E-state index in [0.717, 1.165) is 0 Å². The van der Waals surface area contributed by atoms with Crippen LogP contribution in [0.1, 0.15) is 9.67 Å². The molecule has 0 fully saturated rings. The minimum atomic E-state index is -3.74. The summed E-state index contributed by atoms with van der Waals surface area (Å²) in [5, 5.41) is 4.97. The standard InChI is InChI=1S/C17H13ClN2O3S2/c18-12-3-1-4-14(11-12)20-25(22,23)15-8-6-13(7-9-15)19-17(21)16-5-2-10-24-16/h1-11,20H,(H,19,21). The topological polar surface area (TPSA) is 75.3 Å². The van der Waals surface area contributed by atoms with E-state index in [4.69, 9.17) is 11.6 Å². The van der Waals surface area contributed by atoms with Crippen LogP contribution < -0.4 is 10.0 Å². The van der Waals surface area contributed by atoms with Gasteiger partial charge in [0.1, 0.15) is 0 Å². The quantitative estimate of drug-likeness (QED) is 0.673. The smallest absolute Gasteiger partial charge is 0.265 e. The van der Waals surface area contributed by atoms with Crippen molar-refractivity contribution < 1.29 is 13.2 Å². The Morgan fingerprint density at radius 3 is 2.36 bits per heavy atom. The van der Waals surface area contributed by atoms with Crippen LogP contribution in [0, 0.1) is 0 Å². The van der Waals surface area contributed by atoms with Crippen molar-refractivity contribution in [3.63, 3.8) is 0 Å². The molecule has 2 aromatic carbocycles. The molecular formula is C17H13ClN2O3S2. The van der Waals surface area contributed by atoms with Crippen LogP contribution in [0.25, 0.3) is 0 Å². The molecule has 0 atom stereocenters. The summed E-state index contributed by atoms with van der Waals surface area (Å²) in [5.41, 5.74) is 0.891. The van der Waals surface area contributed by atoms with Crippen molar-refractivity contribution in [1.82, 2.24) is 0 Å². The van der Waals surface area contributed by atoms with Gasteiger partial charge in [0.25, 0.3) is 15.9 Å². The second-order valence-corrected chi connectivity index (χ2v) is 8.14. The van der Waals surface area contributed by atoms with Gasteiger partial charge in [-0.3, -0.25) is 9.52 Å². The van der Waals surface area contributed by atoms with Crippen molar-refractivity contribution in [2.45, 2.75) is 4.90 Å². The number of benzene rings is 2. The molecular weight excluding hydrogens is 380 g/mol. The largest absolute Gasteiger partial charge is 0.321 e. The number of nitrogens with one attached hydrogen (secondary N) is 2. The number of hydrogen-bond donors (Lipinski definition) is 2. The molecule has 0 spiro atoms.